The minimum atomic E-state index is 0.814. The molecule has 0 saturated heterocycles. The van der Waals surface area contributed by atoms with Gasteiger partial charge in [-0.3, -0.25) is 0 Å². The molecule has 0 spiro atoms. The molecule has 11 heavy (non-hydrogen) atoms. The highest BCUT2D eigenvalue weighted by Gasteiger charge is 1.87. The maximum absolute atomic E-state index is 5.54. The number of hydrogen-bond acceptors (Lipinski definition) is 1. The van der Waals surface area contributed by atoms with E-state index in [4.69, 9.17) is 11.6 Å². The lowest BCUT2D eigenvalue weighted by Gasteiger charge is -2.01. The van der Waals surface area contributed by atoms with Crippen LogP contribution in [-0.2, 0) is 0 Å². The first-order valence-corrected chi connectivity index (χ1v) is 5.22. The Morgan fingerprint density at radius 3 is 2.36 bits per heavy atom. The van der Waals surface area contributed by atoms with Crippen LogP contribution in [0, 0.1) is 0 Å². The Kier molecular flexibility index (Phi) is 10.5. The van der Waals surface area contributed by atoms with Gasteiger partial charge in [0.1, 0.15) is 0 Å². The van der Waals surface area contributed by atoms with E-state index in [0.717, 1.165) is 18.8 Å². The van der Waals surface area contributed by atoms with Crippen molar-refractivity contribution in [2.24, 2.45) is 0 Å². The Bertz CT molecular complexity index is 58.6. The van der Waals surface area contributed by atoms with Crippen LogP contribution in [0.1, 0.15) is 39.0 Å². The molecule has 0 heterocycles. The Morgan fingerprint density at radius 2 is 1.73 bits per heavy atom. The zero-order valence-corrected chi connectivity index (χ0v) is 8.29. The number of alkyl halides is 1. The van der Waals surface area contributed by atoms with Gasteiger partial charge in [-0.15, -0.1) is 11.6 Å². The molecule has 0 atom stereocenters. The summed E-state index contributed by atoms with van der Waals surface area (Å²) in [4.78, 5) is 0. The van der Waals surface area contributed by atoms with Crippen LogP contribution >= 0.6 is 11.6 Å². The molecule has 0 aromatic rings. The highest BCUT2D eigenvalue weighted by molar-refractivity contribution is 6.17. The van der Waals surface area contributed by atoms with Gasteiger partial charge in [0.15, 0.2) is 0 Å². The largest absolute Gasteiger partial charge is 0.317 e. The van der Waals surface area contributed by atoms with Crippen molar-refractivity contribution in [3.8, 4) is 0 Å². The Balaban J connectivity index is 2.69. The fourth-order valence-corrected chi connectivity index (χ4v) is 1.14. The fourth-order valence-electron chi connectivity index (χ4n) is 0.948. The maximum atomic E-state index is 5.54. The molecule has 0 aliphatic rings. The number of hydrogen-bond donors (Lipinski definition) is 1. The Morgan fingerprint density at radius 1 is 1.00 bits per heavy atom. The molecule has 0 bridgehead atoms. The molecule has 0 fully saturated rings. The van der Waals surface area contributed by atoms with Gasteiger partial charge in [-0.1, -0.05) is 19.8 Å². The summed E-state index contributed by atoms with van der Waals surface area (Å²) >= 11 is 5.54. The molecule has 0 aromatic carbocycles. The molecule has 1 N–H and O–H groups in total. The molecule has 2 heteroatoms. The van der Waals surface area contributed by atoms with Crippen molar-refractivity contribution in [1.29, 1.82) is 0 Å². The monoisotopic (exact) mass is 177 g/mol. The van der Waals surface area contributed by atoms with E-state index >= 15 is 0 Å². The first-order valence-electron chi connectivity index (χ1n) is 4.68. The predicted molar refractivity (Wildman–Crippen MR) is 52.3 cm³/mol. The molecule has 0 aliphatic heterocycles. The third-order valence-electron chi connectivity index (χ3n) is 1.69. The third-order valence-corrected chi connectivity index (χ3v) is 1.96. The van der Waals surface area contributed by atoms with Gasteiger partial charge in [0, 0.05) is 5.88 Å². The van der Waals surface area contributed by atoms with Crippen molar-refractivity contribution in [2.45, 2.75) is 39.0 Å². The second kappa shape index (κ2) is 10.2. The Hall–Kier alpha value is 0.250. The van der Waals surface area contributed by atoms with Gasteiger partial charge >= 0.3 is 0 Å². The standard InChI is InChI=1S/C9H20ClN/c1-2-3-8-11-9-6-4-5-7-10/h11H,2-9H2,1H3. The lowest BCUT2D eigenvalue weighted by molar-refractivity contribution is 0.596. The van der Waals surface area contributed by atoms with Crippen molar-refractivity contribution in [1.82, 2.24) is 5.32 Å². The summed E-state index contributed by atoms with van der Waals surface area (Å²) in [6.45, 7) is 4.56. The summed E-state index contributed by atoms with van der Waals surface area (Å²) < 4.78 is 0. The van der Waals surface area contributed by atoms with E-state index in [1.54, 1.807) is 0 Å². The number of halogens is 1. The van der Waals surface area contributed by atoms with Gasteiger partial charge in [0.05, 0.1) is 0 Å². The van der Waals surface area contributed by atoms with E-state index in [1.165, 1.54) is 32.2 Å². The molecule has 0 unspecified atom stereocenters. The van der Waals surface area contributed by atoms with E-state index in [0.29, 0.717) is 0 Å². The van der Waals surface area contributed by atoms with E-state index in [1.807, 2.05) is 0 Å². The third kappa shape index (κ3) is 10.2. The number of rotatable bonds is 8. The van der Waals surface area contributed by atoms with E-state index < -0.39 is 0 Å². The minimum Gasteiger partial charge on any atom is -0.317 e. The van der Waals surface area contributed by atoms with Crippen molar-refractivity contribution in [3.05, 3.63) is 0 Å². The SMILES string of the molecule is CCCCNCCCCCCl. The number of nitrogens with one attached hydrogen (secondary N) is 1. The smallest absolute Gasteiger partial charge is 0.0223 e. The van der Waals surface area contributed by atoms with Gasteiger partial charge in [-0.25, -0.2) is 0 Å². The van der Waals surface area contributed by atoms with Gasteiger partial charge in [0.25, 0.3) is 0 Å². The summed E-state index contributed by atoms with van der Waals surface area (Å²) in [5.74, 6) is 0.814. The zero-order valence-electron chi connectivity index (χ0n) is 7.53. The van der Waals surface area contributed by atoms with Crippen LogP contribution in [0.4, 0.5) is 0 Å². The van der Waals surface area contributed by atoms with Crippen molar-refractivity contribution in [2.75, 3.05) is 19.0 Å². The molecule has 0 saturated carbocycles. The van der Waals surface area contributed by atoms with Crippen LogP contribution in [0.2, 0.25) is 0 Å². The molecule has 0 amide bonds. The summed E-state index contributed by atoms with van der Waals surface area (Å²) in [7, 11) is 0. The lowest BCUT2D eigenvalue weighted by atomic mass is 10.2. The van der Waals surface area contributed by atoms with Crippen molar-refractivity contribution < 1.29 is 0 Å². The molecular weight excluding hydrogens is 158 g/mol. The average molecular weight is 178 g/mol. The highest BCUT2D eigenvalue weighted by Crippen LogP contribution is 1.95. The summed E-state index contributed by atoms with van der Waals surface area (Å²) in [6.07, 6.45) is 6.29. The first kappa shape index (κ1) is 11.2. The lowest BCUT2D eigenvalue weighted by Crippen LogP contribution is -2.16. The van der Waals surface area contributed by atoms with Crippen LogP contribution in [0.25, 0.3) is 0 Å². The fraction of sp³-hybridized carbons (Fsp3) is 1.00. The topological polar surface area (TPSA) is 12.0 Å². The van der Waals surface area contributed by atoms with Crippen molar-refractivity contribution in [3.63, 3.8) is 0 Å². The van der Waals surface area contributed by atoms with Gasteiger partial charge in [-0.05, 0) is 32.4 Å². The van der Waals surface area contributed by atoms with Gasteiger partial charge < -0.3 is 5.32 Å². The van der Waals surface area contributed by atoms with Crippen LogP contribution in [-0.4, -0.2) is 19.0 Å². The van der Waals surface area contributed by atoms with Crippen LogP contribution in [0.5, 0.6) is 0 Å². The second-order valence-electron chi connectivity index (χ2n) is 2.85. The number of unbranched alkanes of at least 4 members (excludes halogenated alkanes) is 3. The first-order chi connectivity index (χ1) is 5.41. The quantitative estimate of drug-likeness (QED) is 0.444. The van der Waals surface area contributed by atoms with Gasteiger partial charge in [0.2, 0.25) is 0 Å². The summed E-state index contributed by atoms with van der Waals surface area (Å²) in [5.41, 5.74) is 0. The van der Waals surface area contributed by atoms with Crippen LogP contribution < -0.4 is 5.32 Å². The van der Waals surface area contributed by atoms with E-state index in [-0.39, 0.29) is 0 Å². The average Bonchev–Trinajstić information content (AvgIpc) is 2.03. The Labute approximate surface area is 75.5 Å². The molecule has 0 radical (unpaired) electrons. The van der Waals surface area contributed by atoms with Gasteiger partial charge in [-0.2, -0.15) is 0 Å². The van der Waals surface area contributed by atoms with E-state index in [2.05, 4.69) is 12.2 Å². The summed E-state index contributed by atoms with van der Waals surface area (Å²) in [6, 6.07) is 0. The summed E-state index contributed by atoms with van der Waals surface area (Å²) in [5, 5.41) is 3.40. The molecule has 0 rings (SSSR count). The highest BCUT2D eigenvalue weighted by atomic mass is 35.5. The van der Waals surface area contributed by atoms with Crippen molar-refractivity contribution >= 4 is 11.6 Å². The minimum absolute atomic E-state index is 0.814. The second-order valence-corrected chi connectivity index (χ2v) is 3.23. The molecule has 0 aliphatic carbocycles. The normalized spacial score (nSPS) is 10.4. The van der Waals surface area contributed by atoms with Crippen LogP contribution in [0.15, 0.2) is 0 Å². The molecular formula is C9H20ClN. The maximum Gasteiger partial charge on any atom is 0.0223 e. The molecule has 1 nitrogen and oxygen atoms in total. The van der Waals surface area contributed by atoms with Crippen LogP contribution in [0.3, 0.4) is 0 Å². The molecule has 0 aromatic heterocycles. The zero-order chi connectivity index (χ0) is 8.36. The van der Waals surface area contributed by atoms with E-state index in [9.17, 15) is 0 Å². The predicted octanol–water partition coefficient (Wildman–Crippen LogP) is 2.79. The molecule has 68 valence electrons.